The van der Waals surface area contributed by atoms with E-state index in [4.69, 9.17) is 4.52 Å². The first-order valence-corrected chi connectivity index (χ1v) is 5.19. The van der Waals surface area contributed by atoms with Gasteiger partial charge in [0.2, 0.25) is 5.27 Å². The topological polar surface area (TPSA) is 59.0 Å². The molecular weight excluding hydrogens is 263 g/mol. The molecule has 0 radical (unpaired) electrons. The molecule has 2 rings (SSSR count). The molecule has 1 aromatic carbocycles. The van der Waals surface area contributed by atoms with Crippen LogP contribution in [0.1, 0.15) is 0 Å². The van der Waals surface area contributed by atoms with Gasteiger partial charge in [-0.15, -0.1) is 0 Å². The van der Waals surface area contributed by atoms with E-state index < -0.39 is 12.1 Å². The standard InChI is InChI=1S/C11H8F3N3O2/c1-17-8(7-5-3-2-4-6-7)9(19-16-17)15-10(18)11(12,13)14/h2-6H,1H3/p+1. The normalized spacial score (nSPS) is 11.4. The molecule has 8 heteroatoms. The van der Waals surface area contributed by atoms with Crippen LogP contribution in [0.4, 0.5) is 19.1 Å². The SMILES string of the molecule is C[n+]1noc(NC(=O)C(F)(F)F)c1-c1ccccc1. The second kappa shape index (κ2) is 4.71. The number of hydrogen-bond donors (Lipinski definition) is 1. The van der Waals surface area contributed by atoms with Crippen LogP contribution in [-0.2, 0) is 11.8 Å². The highest BCUT2D eigenvalue weighted by atomic mass is 19.4. The van der Waals surface area contributed by atoms with Gasteiger partial charge < -0.3 is 0 Å². The molecule has 0 saturated heterocycles. The summed E-state index contributed by atoms with van der Waals surface area (Å²) in [7, 11) is 1.50. The van der Waals surface area contributed by atoms with Crippen LogP contribution in [0.15, 0.2) is 34.9 Å². The zero-order valence-electron chi connectivity index (χ0n) is 9.73. The van der Waals surface area contributed by atoms with Crippen LogP contribution in [0, 0.1) is 0 Å². The number of halogens is 3. The molecule has 1 aromatic heterocycles. The molecule has 0 saturated carbocycles. The Morgan fingerprint density at radius 1 is 1.32 bits per heavy atom. The number of nitrogens with zero attached hydrogens (tertiary/aromatic N) is 2. The van der Waals surface area contributed by atoms with E-state index >= 15 is 0 Å². The fraction of sp³-hybridized carbons (Fsp3) is 0.182. The third-order valence-electron chi connectivity index (χ3n) is 2.33. The third kappa shape index (κ3) is 2.72. The second-order valence-corrected chi connectivity index (χ2v) is 3.69. The molecule has 0 atom stereocenters. The number of aromatic nitrogens is 2. The number of alkyl halides is 3. The molecule has 0 spiro atoms. The lowest BCUT2D eigenvalue weighted by molar-refractivity contribution is -0.730. The molecule has 0 bridgehead atoms. The lowest BCUT2D eigenvalue weighted by atomic mass is 10.1. The van der Waals surface area contributed by atoms with E-state index in [1.807, 2.05) is 0 Å². The number of benzene rings is 1. The highest BCUT2D eigenvalue weighted by Crippen LogP contribution is 2.25. The average Bonchev–Trinajstić information content (AvgIpc) is 2.70. The molecule has 0 aliphatic carbocycles. The zero-order chi connectivity index (χ0) is 14.0. The molecule has 0 fully saturated rings. The van der Waals surface area contributed by atoms with E-state index in [-0.39, 0.29) is 11.6 Å². The van der Waals surface area contributed by atoms with Crippen molar-refractivity contribution in [3.63, 3.8) is 0 Å². The number of rotatable bonds is 2. The molecule has 1 amide bonds. The summed E-state index contributed by atoms with van der Waals surface area (Å²) in [5, 5.41) is 5.14. The Kier molecular flexibility index (Phi) is 3.24. The largest absolute Gasteiger partial charge is 0.471 e. The summed E-state index contributed by atoms with van der Waals surface area (Å²) in [6.07, 6.45) is -4.99. The van der Waals surface area contributed by atoms with E-state index in [2.05, 4.69) is 5.27 Å². The number of anilines is 1. The maximum atomic E-state index is 12.2. The van der Waals surface area contributed by atoms with Crippen molar-refractivity contribution >= 4 is 11.8 Å². The lowest BCUT2D eigenvalue weighted by Crippen LogP contribution is -2.33. The summed E-state index contributed by atoms with van der Waals surface area (Å²) in [5.41, 5.74) is 0.821. The minimum atomic E-state index is -4.99. The first-order chi connectivity index (χ1) is 8.89. The van der Waals surface area contributed by atoms with E-state index in [1.54, 1.807) is 35.6 Å². The van der Waals surface area contributed by atoms with Crippen molar-refractivity contribution in [3.8, 4) is 11.3 Å². The molecular formula is C11H9F3N3O2+. The summed E-state index contributed by atoms with van der Waals surface area (Å²) in [4.78, 5) is 10.9. The van der Waals surface area contributed by atoms with Crippen molar-refractivity contribution < 1.29 is 27.2 Å². The molecule has 2 aromatic rings. The zero-order valence-corrected chi connectivity index (χ0v) is 9.73. The van der Waals surface area contributed by atoms with Crippen LogP contribution in [0.2, 0.25) is 0 Å². The Hall–Kier alpha value is -2.38. The maximum Gasteiger partial charge on any atom is 0.471 e. The highest BCUT2D eigenvalue weighted by Gasteiger charge is 2.41. The number of carbonyl (C=O) groups excluding carboxylic acids is 1. The molecule has 1 heterocycles. The van der Waals surface area contributed by atoms with Crippen molar-refractivity contribution in [1.29, 1.82) is 0 Å². The van der Waals surface area contributed by atoms with Gasteiger partial charge in [-0.2, -0.15) is 13.2 Å². The van der Waals surface area contributed by atoms with Gasteiger partial charge in [0, 0.05) is 0 Å². The van der Waals surface area contributed by atoms with Gasteiger partial charge in [0.1, 0.15) is 0 Å². The summed E-state index contributed by atoms with van der Waals surface area (Å²) in [6, 6.07) is 8.49. The molecule has 0 aliphatic rings. The van der Waals surface area contributed by atoms with Gasteiger partial charge in [0.05, 0.1) is 5.56 Å². The quantitative estimate of drug-likeness (QED) is 0.846. The maximum absolute atomic E-state index is 12.2. The molecule has 100 valence electrons. The fourth-order valence-electron chi connectivity index (χ4n) is 1.50. The third-order valence-corrected chi connectivity index (χ3v) is 2.33. The number of nitrogens with one attached hydrogen (secondary N) is 1. The predicted octanol–water partition coefficient (Wildman–Crippen LogP) is 1.67. The Bertz CT molecular complexity index is 593. The Balaban J connectivity index is 2.37. The van der Waals surface area contributed by atoms with Crippen LogP contribution in [0.25, 0.3) is 11.3 Å². The minimum Gasteiger partial charge on any atom is -0.281 e. The van der Waals surface area contributed by atoms with Gasteiger partial charge in [-0.3, -0.25) is 14.6 Å². The van der Waals surface area contributed by atoms with Crippen LogP contribution < -0.4 is 10.00 Å². The van der Waals surface area contributed by atoms with Gasteiger partial charge in [-0.1, -0.05) is 18.2 Å². The minimum absolute atomic E-state index is 0.248. The number of amides is 1. The first-order valence-electron chi connectivity index (χ1n) is 5.19. The van der Waals surface area contributed by atoms with Gasteiger partial charge in [-0.05, 0) is 16.8 Å². The van der Waals surface area contributed by atoms with E-state index in [0.29, 0.717) is 5.56 Å². The molecule has 5 nitrogen and oxygen atoms in total. The van der Waals surface area contributed by atoms with Crippen LogP contribution in [0.5, 0.6) is 0 Å². The van der Waals surface area contributed by atoms with Gasteiger partial charge in [0.25, 0.3) is 0 Å². The predicted molar refractivity (Wildman–Crippen MR) is 57.8 cm³/mol. The van der Waals surface area contributed by atoms with Crippen LogP contribution in [-0.4, -0.2) is 17.4 Å². The van der Waals surface area contributed by atoms with Crippen LogP contribution in [0.3, 0.4) is 0 Å². The monoisotopic (exact) mass is 272 g/mol. The number of carbonyl (C=O) groups is 1. The van der Waals surface area contributed by atoms with E-state index in [0.717, 1.165) is 0 Å². The Morgan fingerprint density at radius 3 is 2.53 bits per heavy atom. The van der Waals surface area contributed by atoms with Gasteiger partial charge in [0.15, 0.2) is 7.05 Å². The van der Waals surface area contributed by atoms with Crippen molar-refractivity contribution in [1.82, 2.24) is 5.27 Å². The summed E-state index contributed by atoms with van der Waals surface area (Å²) < 4.78 is 42.5. The van der Waals surface area contributed by atoms with E-state index in [1.165, 1.54) is 11.7 Å². The Labute approximate surface area is 105 Å². The average molecular weight is 272 g/mol. The summed E-state index contributed by atoms with van der Waals surface area (Å²) in [5.74, 6) is -2.46. The molecule has 0 unspecified atom stereocenters. The second-order valence-electron chi connectivity index (χ2n) is 3.69. The lowest BCUT2D eigenvalue weighted by Gasteiger charge is -2.04. The van der Waals surface area contributed by atoms with Gasteiger partial charge in [-0.25, -0.2) is 0 Å². The van der Waals surface area contributed by atoms with Crippen molar-refractivity contribution in [2.24, 2.45) is 7.05 Å². The number of hydrogen-bond acceptors (Lipinski definition) is 3. The molecule has 0 aliphatic heterocycles. The highest BCUT2D eigenvalue weighted by molar-refractivity contribution is 5.95. The van der Waals surface area contributed by atoms with Crippen LogP contribution >= 0.6 is 0 Å². The molecule has 1 N–H and O–H groups in total. The first kappa shape index (κ1) is 13.1. The summed E-state index contributed by atoms with van der Waals surface area (Å²) in [6.45, 7) is 0. The van der Waals surface area contributed by atoms with Gasteiger partial charge >= 0.3 is 23.7 Å². The van der Waals surface area contributed by atoms with E-state index in [9.17, 15) is 18.0 Å². The fourth-order valence-corrected chi connectivity index (χ4v) is 1.50. The van der Waals surface area contributed by atoms with Crippen molar-refractivity contribution in [2.75, 3.05) is 5.32 Å². The van der Waals surface area contributed by atoms with Crippen molar-refractivity contribution in [2.45, 2.75) is 6.18 Å². The molecule has 19 heavy (non-hydrogen) atoms. The Morgan fingerprint density at radius 2 is 1.95 bits per heavy atom. The summed E-state index contributed by atoms with van der Waals surface area (Å²) >= 11 is 0. The smallest absolute Gasteiger partial charge is 0.281 e. The number of aryl methyl sites for hydroxylation is 1. The van der Waals surface area contributed by atoms with Crippen molar-refractivity contribution in [3.05, 3.63) is 30.3 Å².